The van der Waals surface area contributed by atoms with Gasteiger partial charge in [-0.05, 0) is 44.0 Å². The van der Waals surface area contributed by atoms with Gasteiger partial charge in [-0.1, -0.05) is 30.3 Å². The summed E-state index contributed by atoms with van der Waals surface area (Å²) in [5.41, 5.74) is 4.83. The molecule has 2 aromatic carbocycles. The Hall–Kier alpha value is -4.14. The number of hydrogen-bond acceptors (Lipinski definition) is 4. The number of likely N-dealkylation sites (N-methyl/N-ethyl adjacent to an activating group) is 1. The molecule has 4 aromatic rings. The van der Waals surface area contributed by atoms with Crippen molar-refractivity contribution in [3.05, 3.63) is 59.8 Å². The van der Waals surface area contributed by atoms with E-state index in [4.69, 9.17) is 0 Å². The summed E-state index contributed by atoms with van der Waals surface area (Å²) in [6, 6.07) is 13.3. The Labute approximate surface area is 190 Å². The van der Waals surface area contributed by atoms with Crippen molar-refractivity contribution in [1.82, 2.24) is 25.5 Å². The van der Waals surface area contributed by atoms with Gasteiger partial charge in [-0.3, -0.25) is 9.89 Å². The van der Waals surface area contributed by atoms with Gasteiger partial charge in [-0.2, -0.15) is 5.10 Å². The second kappa shape index (κ2) is 7.77. The molecule has 0 aliphatic carbocycles. The fourth-order valence-corrected chi connectivity index (χ4v) is 4.27. The van der Waals surface area contributed by atoms with Crippen molar-refractivity contribution in [3.8, 4) is 11.5 Å². The lowest BCUT2D eigenvalue weighted by atomic mass is 9.86. The van der Waals surface area contributed by atoms with Crippen molar-refractivity contribution in [2.24, 2.45) is 0 Å². The number of fused-ring (bicyclic) bond motifs is 2. The summed E-state index contributed by atoms with van der Waals surface area (Å²) in [7, 11) is 0. The summed E-state index contributed by atoms with van der Waals surface area (Å²) >= 11 is 0. The molecule has 2 aromatic heterocycles. The maximum Gasteiger partial charge on any atom is 0.319 e. The van der Waals surface area contributed by atoms with Gasteiger partial charge in [0.15, 0.2) is 11.5 Å². The molecule has 5 rings (SSSR count). The molecule has 0 atom stereocenters. The molecule has 0 fully saturated rings. The van der Waals surface area contributed by atoms with Gasteiger partial charge in [0.1, 0.15) is 0 Å². The Kier molecular flexibility index (Phi) is 4.88. The smallest absolute Gasteiger partial charge is 0.319 e. The molecule has 0 radical (unpaired) electrons. The molecule has 1 aliphatic rings. The van der Waals surface area contributed by atoms with Crippen LogP contribution in [0.15, 0.2) is 48.7 Å². The first-order chi connectivity index (χ1) is 15.9. The lowest BCUT2D eigenvalue weighted by Crippen LogP contribution is -2.35. The Bertz CT molecular complexity index is 1350. The van der Waals surface area contributed by atoms with Gasteiger partial charge in [0.05, 0.1) is 27.8 Å². The summed E-state index contributed by atoms with van der Waals surface area (Å²) in [5.74, 6) is 0.619. The molecule has 0 saturated carbocycles. The van der Waals surface area contributed by atoms with E-state index in [1.54, 1.807) is 11.1 Å². The van der Waals surface area contributed by atoms with Crippen LogP contribution in [0.5, 0.6) is 0 Å². The summed E-state index contributed by atoms with van der Waals surface area (Å²) in [5, 5.41) is 12.7. The van der Waals surface area contributed by atoms with Crippen LogP contribution in [0.2, 0.25) is 0 Å². The molecule has 168 valence electrons. The van der Waals surface area contributed by atoms with Crippen LogP contribution in [-0.2, 0) is 16.8 Å². The van der Waals surface area contributed by atoms with Crippen LogP contribution in [0.4, 0.5) is 16.2 Å². The lowest BCUT2D eigenvalue weighted by molar-refractivity contribution is -0.122. The molecule has 9 heteroatoms. The number of hydrogen-bond donors (Lipinski definition) is 4. The van der Waals surface area contributed by atoms with Crippen molar-refractivity contribution in [1.29, 1.82) is 0 Å². The third kappa shape index (κ3) is 3.51. The lowest BCUT2D eigenvalue weighted by Gasteiger charge is -2.18. The first-order valence-electron chi connectivity index (χ1n) is 10.9. The molecule has 3 heterocycles. The van der Waals surface area contributed by atoms with E-state index in [-0.39, 0.29) is 11.9 Å². The molecule has 0 spiro atoms. The first kappa shape index (κ1) is 20.7. The number of imidazole rings is 1. The maximum atomic E-state index is 12.8. The minimum absolute atomic E-state index is 0.0909. The highest BCUT2D eigenvalue weighted by Crippen LogP contribution is 2.43. The van der Waals surface area contributed by atoms with Gasteiger partial charge in [-0.15, -0.1) is 0 Å². The molecular weight excluding hydrogens is 418 g/mol. The largest absolute Gasteiger partial charge is 0.337 e. The topological polar surface area (TPSA) is 119 Å². The number of amides is 3. The van der Waals surface area contributed by atoms with Crippen LogP contribution in [0.1, 0.15) is 31.9 Å². The van der Waals surface area contributed by atoms with E-state index in [0.717, 1.165) is 27.8 Å². The highest BCUT2D eigenvalue weighted by Gasteiger charge is 2.43. The quantitative estimate of drug-likeness (QED) is 0.374. The third-order valence-electron chi connectivity index (χ3n) is 6.07. The summed E-state index contributed by atoms with van der Waals surface area (Å²) in [4.78, 5) is 35.0. The van der Waals surface area contributed by atoms with Gasteiger partial charge < -0.3 is 20.5 Å². The van der Waals surface area contributed by atoms with E-state index in [1.165, 1.54) is 0 Å². The van der Waals surface area contributed by atoms with Gasteiger partial charge in [0.25, 0.3) is 0 Å². The number of carbonyl (C=O) groups excluding carboxylic acids is 2. The second-order valence-electron chi connectivity index (χ2n) is 8.59. The minimum Gasteiger partial charge on any atom is -0.337 e. The van der Waals surface area contributed by atoms with Crippen LogP contribution >= 0.6 is 0 Å². The number of nitrogens with zero attached hydrogens (tertiary/aromatic N) is 3. The maximum absolute atomic E-state index is 12.8. The first-order valence-corrected chi connectivity index (χ1v) is 10.9. The molecule has 0 bridgehead atoms. The van der Waals surface area contributed by atoms with Crippen LogP contribution in [0, 0.1) is 0 Å². The predicted molar refractivity (Wildman–Crippen MR) is 127 cm³/mol. The van der Waals surface area contributed by atoms with E-state index in [9.17, 15) is 9.59 Å². The van der Waals surface area contributed by atoms with Gasteiger partial charge in [-0.25, -0.2) is 9.78 Å². The van der Waals surface area contributed by atoms with Crippen LogP contribution in [-0.4, -0.2) is 38.6 Å². The molecule has 0 unspecified atom stereocenters. The number of benzene rings is 2. The van der Waals surface area contributed by atoms with E-state index in [2.05, 4.69) is 30.8 Å². The van der Waals surface area contributed by atoms with Crippen molar-refractivity contribution < 1.29 is 9.59 Å². The number of aromatic nitrogens is 4. The monoisotopic (exact) mass is 443 g/mol. The van der Waals surface area contributed by atoms with Crippen molar-refractivity contribution >= 4 is 34.3 Å². The minimum atomic E-state index is -0.597. The fraction of sp³-hybridized carbons (Fsp3) is 0.250. The van der Waals surface area contributed by atoms with Crippen molar-refractivity contribution in [3.63, 3.8) is 0 Å². The molecular formula is C24H25N7O2. The highest BCUT2D eigenvalue weighted by atomic mass is 16.2. The Morgan fingerprint density at radius 2 is 1.97 bits per heavy atom. The van der Waals surface area contributed by atoms with E-state index < -0.39 is 5.41 Å². The highest BCUT2D eigenvalue weighted by molar-refractivity contribution is 6.09. The molecule has 4 N–H and O–H groups in total. The number of carbonyl (C=O) groups is 2. The number of nitrogens with one attached hydrogen (secondary N) is 4. The van der Waals surface area contributed by atoms with Crippen LogP contribution < -0.4 is 15.5 Å². The van der Waals surface area contributed by atoms with Gasteiger partial charge in [0, 0.05) is 19.3 Å². The van der Waals surface area contributed by atoms with E-state index in [1.807, 2.05) is 63.2 Å². The predicted octanol–water partition coefficient (Wildman–Crippen LogP) is 3.92. The number of anilines is 2. The van der Waals surface area contributed by atoms with Crippen molar-refractivity contribution in [2.45, 2.75) is 32.7 Å². The average Bonchev–Trinajstić information content (AvgIpc) is 3.48. The fourth-order valence-electron chi connectivity index (χ4n) is 4.27. The molecule has 9 nitrogen and oxygen atoms in total. The summed E-state index contributed by atoms with van der Waals surface area (Å²) in [6.07, 6.45) is 1.62. The van der Waals surface area contributed by atoms with Crippen LogP contribution in [0.25, 0.3) is 22.6 Å². The Balaban J connectivity index is 1.40. The Morgan fingerprint density at radius 3 is 2.73 bits per heavy atom. The molecule has 33 heavy (non-hydrogen) atoms. The SMILES string of the molecule is CCN1C(=O)C(C)(C)c2cc3[nH]c(-c4n[nH]cc4NC(=O)NCc4ccccc4)nc3cc21. The molecule has 3 amide bonds. The number of rotatable bonds is 5. The molecule has 0 saturated heterocycles. The summed E-state index contributed by atoms with van der Waals surface area (Å²) < 4.78 is 0. The zero-order valence-corrected chi connectivity index (χ0v) is 18.7. The summed E-state index contributed by atoms with van der Waals surface area (Å²) in [6.45, 7) is 6.86. The molecule has 1 aliphatic heterocycles. The third-order valence-corrected chi connectivity index (χ3v) is 6.07. The number of H-pyrrole nitrogens is 2. The number of urea groups is 1. The van der Waals surface area contributed by atoms with Crippen LogP contribution in [0.3, 0.4) is 0 Å². The Morgan fingerprint density at radius 1 is 1.18 bits per heavy atom. The zero-order chi connectivity index (χ0) is 23.2. The standard InChI is InChI=1S/C24H25N7O2/c1-4-31-19-11-17-16(10-15(19)24(2,3)22(31)32)27-21(28-17)20-18(13-26-30-20)29-23(33)25-12-14-8-6-5-7-9-14/h5-11,13H,4,12H2,1-3H3,(H,26,30)(H,27,28)(H2,25,29,33). The zero-order valence-electron chi connectivity index (χ0n) is 18.7. The second-order valence-corrected chi connectivity index (χ2v) is 8.59. The number of aromatic amines is 2. The van der Waals surface area contributed by atoms with E-state index >= 15 is 0 Å². The normalized spacial score (nSPS) is 14.5. The van der Waals surface area contributed by atoms with Gasteiger partial charge >= 0.3 is 6.03 Å². The van der Waals surface area contributed by atoms with E-state index in [0.29, 0.717) is 30.3 Å². The van der Waals surface area contributed by atoms with Crippen molar-refractivity contribution in [2.75, 3.05) is 16.8 Å². The van der Waals surface area contributed by atoms with Gasteiger partial charge in [0.2, 0.25) is 5.91 Å². The average molecular weight is 444 g/mol.